The van der Waals surface area contributed by atoms with Crippen LogP contribution in [0, 0.1) is 12.7 Å². The molecule has 2 amide bonds. The van der Waals surface area contributed by atoms with Gasteiger partial charge in [-0.2, -0.15) is 0 Å². The second-order valence-electron chi connectivity index (χ2n) is 6.42. The van der Waals surface area contributed by atoms with Crippen LogP contribution in [0.15, 0.2) is 48.5 Å². The van der Waals surface area contributed by atoms with Crippen LogP contribution < -0.4 is 5.32 Å². The highest BCUT2D eigenvalue weighted by atomic mass is 19.1. The highest BCUT2D eigenvalue weighted by molar-refractivity contribution is 5.95. The summed E-state index contributed by atoms with van der Waals surface area (Å²) in [5, 5.41) is 3.03. The first-order chi connectivity index (χ1) is 12.0. The first-order valence-electron chi connectivity index (χ1n) is 8.45. The molecule has 0 aliphatic carbocycles. The topological polar surface area (TPSA) is 49.4 Å². The molecule has 0 unspecified atom stereocenters. The number of rotatable bonds is 3. The van der Waals surface area contributed by atoms with Crippen LogP contribution in [0.3, 0.4) is 0 Å². The summed E-state index contributed by atoms with van der Waals surface area (Å²) in [5.74, 6) is -0.663. The molecule has 1 aliphatic rings. The molecule has 0 saturated carbocycles. The van der Waals surface area contributed by atoms with Gasteiger partial charge in [0.05, 0.1) is 0 Å². The van der Waals surface area contributed by atoms with Gasteiger partial charge in [-0.05, 0) is 50.1 Å². The van der Waals surface area contributed by atoms with Crippen molar-refractivity contribution in [2.45, 2.75) is 25.8 Å². The van der Waals surface area contributed by atoms with Gasteiger partial charge >= 0.3 is 0 Å². The lowest BCUT2D eigenvalue weighted by Gasteiger charge is -2.32. The maximum absolute atomic E-state index is 13.3. The quantitative estimate of drug-likeness (QED) is 0.933. The van der Waals surface area contributed by atoms with Crippen LogP contribution in [0.2, 0.25) is 0 Å². The number of nitrogens with one attached hydrogen (secondary N) is 1. The zero-order valence-electron chi connectivity index (χ0n) is 14.2. The van der Waals surface area contributed by atoms with Gasteiger partial charge < -0.3 is 10.2 Å². The number of halogens is 1. The summed E-state index contributed by atoms with van der Waals surface area (Å²) in [4.78, 5) is 26.4. The van der Waals surface area contributed by atoms with Crippen LogP contribution >= 0.6 is 0 Å². The largest absolute Gasteiger partial charge is 0.349 e. The fourth-order valence-corrected chi connectivity index (χ4v) is 3.00. The Balaban J connectivity index is 1.54. The molecular weight excluding hydrogens is 319 g/mol. The number of hydrogen-bond donors (Lipinski definition) is 1. The summed E-state index contributed by atoms with van der Waals surface area (Å²) in [7, 11) is 0. The van der Waals surface area contributed by atoms with Gasteiger partial charge in [0.25, 0.3) is 11.8 Å². The Morgan fingerprint density at radius 1 is 1.04 bits per heavy atom. The Kier molecular flexibility index (Phi) is 5.12. The minimum absolute atomic E-state index is 0.0466. The lowest BCUT2D eigenvalue weighted by molar-refractivity contribution is 0.0697. The molecule has 2 aromatic rings. The molecule has 1 saturated heterocycles. The third-order valence-electron chi connectivity index (χ3n) is 4.50. The van der Waals surface area contributed by atoms with Gasteiger partial charge in [0.2, 0.25) is 0 Å². The third kappa shape index (κ3) is 4.24. The molecule has 0 atom stereocenters. The van der Waals surface area contributed by atoms with Crippen LogP contribution in [-0.2, 0) is 0 Å². The minimum Gasteiger partial charge on any atom is -0.349 e. The van der Waals surface area contributed by atoms with Gasteiger partial charge in [-0.15, -0.1) is 0 Å². The number of nitrogens with zero attached hydrogens (tertiary/aromatic N) is 1. The van der Waals surface area contributed by atoms with E-state index in [0.717, 1.165) is 5.56 Å². The normalized spacial score (nSPS) is 15.0. The standard InChI is InChI=1S/C20H21FN2O2/c1-14-5-7-15(8-6-14)19(24)22-18-9-11-23(12-10-18)20(25)16-3-2-4-17(21)13-16/h2-8,13,18H,9-12H2,1H3,(H,22,24). The first kappa shape index (κ1) is 17.1. The van der Waals surface area contributed by atoms with Crippen molar-refractivity contribution in [2.75, 3.05) is 13.1 Å². The van der Waals surface area contributed by atoms with Crippen molar-refractivity contribution in [3.05, 3.63) is 71.0 Å². The highest BCUT2D eigenvalue weighted by Crippen LogP contribution is 2.15. The Bertz CT molecular complexity index is 766. The molecular formula is C20H21FN2O2. The van der Waals surface area contributed by atoms with Gasteiger partial charge in [0.1, 0.15) is 5.82 Å². The van der Waals surface area contributed by atoms with Crippen LogP contribution in [0.1, 0.15) is 39.1 Å². The summed E-state index contributed by atoms with van der Waals surface area (Å²) >= 11 is 0. The van der Waals surface area contributed by atoms with E-state index in [1.54, 1.807) is 11.0 Å². The molecule has 5 heteroatoms. The highest BCUT2D eigenvalue weighted by Gasteiger charge is 2.25. The SMILES string of the molecule is Cc1ccc(C(=O)NC2CCN(C(=O)c3cccc(F)c3)CC2)cc1. The fraction of sp³-hybridized carbons (Fsp3) is 0.300. The first-order valence-corrected chi connectivity index (χ1v) is 8.45. The van der Waals surface area contributed by atoms with Crippen molar-refractivity contribution in [1.82, 2.24) is 10.2 Å². The smallest absolute Gasteiger partial charge is 0.253 e. The van der Waals surface area contributed by atoms with Gasteiger partial charge in [-0.25, -0.2) is 4.39 Å². The predicted molar refractivity (Wildman–Crippen MR) is 94.0 cm³/mol. The lowest BCUT2D eigenvalue weighted by atomic mass is 10.0. The molecule has 25 heavy (non-hydrogen) atoms. The monoisotopic (exact) mass is 340 g/mol. The molecule has 0 aromatic heterocycles. The van der Waals surface area contributed by atoms with E-state index in [0.29, 0.717) is 37.1 Å². The summed E-state index contributed by atoms with van der Waals surface area (Å²) in [6.07, 6.45) is 1.39. The van der Waals surface area contributed by atoms with Crippen molar-refractivity contribution < 1.29 is 14.0 Å². The number of benzene rings is 2. The van der Waals surface area contributed by atoms with E-state index in [2.05, 4.69) is 5.32 Å². The molecule has 3 rings (SSSR count). The molecule has 1 aliphatic heterocycles. The second-order valence-corrected chi connectivity index (χ2v) is 6.42. The van der Waals surface area contributed by atoms with Crippen molar-refractivity contribution in [3.63, 3.8) is 0 Å². The van der Waals surface area contributed by atoms with Gasteiger partial charge in [-0.1, -0.05) is 23.8 Å². The van der Waals surface area contributed by atoms with Gasteiger partial charge in [0, 0.05) is 30.3 Å². The van der Waals surface area contributed by atoms with E-state index in [9.17, 15) is 14.0 Å². The van der Waals surface area contributed by atoms with Crippen molar-refractivity contribution >= 4 is 11.8 Å². The van der Waals surface area contributed by atoms with E-state index in [4.69, 9.17) is 0 Å². The van der Waals surface area contributed by atoms with Crippen molar-refractivity contribution in [3.8, 4) is 0 Å². The summed E-state index contributed by atoms with van der Waals surface area (Å²) in [5.41, 5.74) is 2.12. The summed E-state index contributed by atoms with van der Waals surface area (Å²) in [6.45, 7) is 3.08. The summed E-state index contributed by atoms with van der Waals surface area (Å²) < 4.78 is 13.3. The molecule has 0 bridgehead atoms. The summed E-state index contributed by atoms with van der Waals surface area (Å²) in [6, 6.07) is 13.2. The van der Waals surface area contributed by atoms with Crippen LogP contribution in [0.4, 0.5) is 4.39 Å². The number of piperidine rings is 1. The fourth-order valence-electron chi connectivity index (χ4n) is 3.00. The minimum atomic E-state index is -0.411. The van der Waals surface area contributed by atoms with Crippen LogP contribution in [0.5, 0.6) is 0 Å². The van der Waals surface area contributed by atoms with Crippen LogP contribution in [0.25, 0.3) is 0 Å². The zero-order chi connectivity index (χ0) is 17.8. The third-order valence-corrected chi connectivity index (χ3v) is 4.50. The Morgan fingerprint density at radius 2 is 1.72 bits per heavy atom. The number of carbonyl (C=O) groups is 2. The molecule has 1 fully saturated rings. The molecule has 130 valence electrons. The number of carbonyl (C=O) groups excluding carboxylic acids is 2. The van der Waals surface area contributed by atoms with E-state index >= 15 is 0 Å². The molecule has 2 aromatic carbocycles. The molecule has 0 spiro atoms. The van der Waals surface area contributed by atoms with Crippen LogP contribution in [-0.4, -0.2) is 35.8 Å². The van der Waals surface area contributed by atoms with E-state index in [1.165, 1.54) is 18.2 Å². The number of aryl methyl sites for hydroxylation is 1. The predicted octanol–water partition coefficient (Wildman–Crippen LogP) is 3.17. The van der Waals surface area contributed by atoms with E-state index in [1.807, 2.05) is 31.2 Å². The average molecular weight is 340 g/mol. The molecule has 0 radical (unpaired) electrons. The Hall–Kier alpha value is -2.69. The Labute approximate surface area is 146 Å². The van der Waals surface area contributed by atoms with Gasteiger partial charge in [-0.3, -0.25) is 9.59 Å². The molecule has 1 heterocycles. The average Bonchev–Trinajstić information content (AvgIpc) is 2.62. The van der Waals surface area contributed by atoms with Crippen molar-refractivity contribution in [2.24, 2.45) is 0 Å². The number of likely N-dealkylation sites (tertiary alicyclic amines) is 1. The Morgan fingerprint density at radius 3 is 2.36 bits per heavy atom. The maximum Gasteiger partial charge on any atom is 0.253 e. The second kappa shape index (κ2) is 7.47. The molecule has 4 nitrogen and oxygen atoms in total. The molecule has 1 N–H and O–H groups in total. The maximum atomic E-state index is 13.3. The number of hydrogen-bond acceptors (Lipinski definition) is 2. The van der Waals surface area contributed by atoms with Gasteiger partial charge in [0.15, 0.2) is 0 Å². The van der Waals surface area contributed by atoms with E-state index in [-0.39, 0.29) is 17.9 Å². The number of amides is 2. The zero-order valence-corrected chi connectivity index (χ0v) is 14.2. The van der Waals surface area contributed by atoms with E-state index < -0.39 is 5.82 Å². The van der Waals surface area contributed by atoms with Crippen molar-refractivity contribution in [1.29, 1.82) is 0 Å². The lowest BCUT2D eigenvalue weighted by Crippen LogP contribution is -2.46.